The second kappa shape index (κ2) is 7.37. The summed E-state index contributed by atoms with van der Waals surface area (Å²) in [4.78, 5) is 26.5. The molecule has 1 atom stereocenters. The van der Waals surface area contributed by atoms with Gasteiger partial charge in [0.25, 0.3) is 5.91 Å². The summed E-state index contributed by atoms with van der Waals surface area (Å²) in [5, 5.41) is 0. The molecule has 3 N–H and O–H groups in total. The summed E-state index contributed by atoms with van der Waals surface area (Å²) in [7, 11) is 1.54. The third-order valence-corrected chi connectivity index (χ3v) is 3.89. The Labute approximate surface area is 144 Å². The summed E-state index contributed by atoms with van der Waals surface area (Å²) < 4.78 is 12.1. The van der Waals surface area contributed by atoms with E-state index in [0.29, 0.717) is 13.2 Å². The van der Waals surface area contributed by atoms with Gasteiger partial charge in [0.2, 0.25) is 5.43 Å². The van der Waals surface area contributed by atoms with Crippen LogP contribution in [0.2, 0.25) is 0 Å². The molecule has 0 bridgehead atoms. The molecule has 1 aliphatic heterocycles. The quantitative estimate of drug-likeness (QED) is 0.783. The molecule has 2 aromatic rings. The van der Waals surface area contributed by atoms with Crippen molar-refractivity contribution < 1.29 is 14.3 Å². The first-order chi connectivity index (χ1) is 12.1. The third kappa shape index (κ3) is 3.49. The van der Waals surface area contributed by atoms with E-state index in [1.165, 1.54) is 21.8 Å². The first-order valence-electron chi connectivity index (χ1n) is 7.86. The number of nitrogens with two attached hydrogens (primary N) is 1. The lowest BCUT2D eigenvalue weighted by Gasteiger charge is -2.36. The summed E-state index contributed by atoms with van der Waals surface area (Å²) in [6.07, 6.45) is 0.748. The van der Waals surface area contributed by atoms with E-state index >= 15 is 0 Å². The van der Waals surface area contributed by atoms with Gasteiger partial charge in [-0.25, -0.2) is 0 Å². The normalized spacial score (nSPS) is 16.3. The van der Waals surface area contributed by atoms with Gasteiger partial charge in [-0.15, -0.1) is 0 Å². The highest BCUT2D eigenvalue weighted by Crippen LogP contribution is 2.20. The van der Waals surface area contributed by atoms with Gasteiger partial charge in [0.05, 0.1) is 6.61 Å². The second-order valence-corrected chi connectivity index (χ2v) is 5.57. The molecule has 0 saturated carbocycles. The molecule has 0 aliphatic carbocycles. The third-order valence-electron chi connectivity index (χ3n) is 3.89. The predicted molar refractivity (Wildman–Crippen MR) is 91.7 cm³/mol. The van der Waals surface area contributed by atoms with Gasteiger partial charge in [0, 0.05) is 25.9 Å². The van der Waals surface area contributed by atoms with E-state index in [1.54, 1.807) is 7.11 Å². The number of carbonyl (C=O) groups excluding carboxylic acids is 1. The number of hydrogen-bond acceptors (Lipinski definition) is 6. The maximum absolute atomic E-state index is 12.8. The smallest absolute Gasteiger partial charge is 0.279 e. The Morgan fingerprint density at radius 3 is 2.68 bits per heavy atom. The lowest BCUT2D eigenvalue weighted by atomic mass is 10.2. The Hall–Kier alpha value is -2.84. The van der Waals surface area contributed by atoms with E-state index in [4.69, 9.17) is 15.2 Å². The van der Waals surface area contributed by atoms with E-state index in [9.17, 15) is 9.59 Å². The van der Waals surface area contributed by atoms with Crippen molar-refractivity contribution in [2.45, 2.75) is 12.9 Å². The Bertz CT molecular complexity index is 806. The molecule has 0 spiro atoms. The molecule has 25 heavy (non-hydrogen) atoms. The maximum Gasteiger partial charge on any atom is 0.279 e. The Morgan fingerprint density at radius 2 is 1.96 bits per heavy atom. The van der Waals surface area contributed by atoms with Crippen LogP contribution in [-0.2, 0) is 11.3 Å². The highest BCUT2D eigenvalue weighted by Gasteiger charge is 2.33. The fraction of sp³-hybridized carbons (Fsp3) is 0.294. The van der Waals surface area contributed by atoms with Crippen LogP contribution in [0, 0.1) is 0 Å². The topological polar surface area (TPSA) is 98.8 Å². The highest BCUT2D eigenvalue weighted by molar-refractivity contribution is 5.96. The van der Waals surface area contributed by atoms with Gasteiger partial charge in [0.15, 0.2) is 17.7 Å². The van der Waals surface area contributed by atoms with Crippen molar-refractivity contribution >= 4 is 5.91 Å². The number of ether oxygens (including phenoxy) is 2. The van der Waals surface area contributed by atoms with Crippen LogP contribution < -0.4 is 21.3 Å². The average Bonchev–Trinajstić information content (AvgIpc) is 2.62. The van der Waals surface area contributed by atoms with Gasteiger partial charge >= 0.3 is 0 Å². The van der Waals surface area contributed by atoms with Crippen LogP contribution >= 0.6 is 0 Å². The van der Waals surface area contributed by atoms with Gasteiger partial charge in [-0.05, 0) is 5.56 Å². The number of fused-ring (bicyclic) bond motifs is 1. The first kappa shape index (κ1) is 17.0. The van der Waals surface area contributed by atoms with Crippen molar-refractivity contribution in [3.8, 4) is 5.75 Å². The number of pyridine rings is 1. The zero-order chi connectivity index (χ0) is 17.8. The number of carbonyl (C=O) groups is 1. The summed E-state index contributed by atoms with van der Waals surface area (Å²) in [6, 6.07) is 10.8. The largest absolute Gasteiger partial charge is 0.482 e. The number of aromatic nitrogens is 1. The maximum atomic E-state index is 12.8. The van der Waals surface area contributed by atoms with Crippen LogP contribution in [0.25, 0.3) is 0 Å². The summed E-state index contributed by atoms with van der Waals surface area (Å²) >= 11 is 0. The number of nitrogens with one attached hydrogen (secondary N) is 1. The molecule has 8 nitrogen and oxygen atoms in total. The van der Waals surface area contributed by atoms with Crippen LogP contribution in [-0.4, -0.2) is 42.0 Å². The van der Waals surface area contributed by atoms with Gasteiger partial charge < -0.3 is 14.4 Å². The summed E-state index contributed by atoms with van der Waals surface area (Å²) in [5.41, 5.74) is 9.58. The minimum absolute atomic E-state index is 0.00169. The minimum atomic E-state index is -0.723. The number of methoxy groups -OCH3 is 1. The molecule has 1 aromatic heterocycles. The molecule has 3 rings (SSSR count). The molecule has 8 heteroatoms. The Morgan fingerprint density at radius 1 is 1.20 bits per heavy atom. The van der Waals surface area contributed by atoms with E-state index in [2.05, 4.69) is 5.43 Å². The van der Waals surface area contributed by atoms with Gasteiger partial charge in [-0.2, -0.15) is 0 Å². The molecule has 132 valence electrons. The summed E-state index contributed by atoms with van der Waals surface area (Å²) in [6.45, 7) is 0.813. The van der Waals surface area contributed by atoms with E-state index in [0.717, 1.165) is 5.56 Å². The minimum Gasteiger partial charge on any atom is -0.482 e. The van der Waals surface area contributed by atoms with Crippen molar-refractivity contribution in [2.75, 3.05) is 25.7 Å². The van der Waals surface area contributed by atoms with Crippen LogP contribution in [0.1, 0.15) is 16.1 Å². The Balaban J connectivity index is 1.91. The lowest BCUT2D eigenvalue weighted by Crippen LogP contribution is -2.59. The van der Waals surface area contributed by atoms with Crippen molar-refractivity contribution in [1.29, 1.82) is 0 Å². The highest BCUT2D eigenvalue weighted by atomic mass is 16.5. The molecular weight excluding hydrogens is 324 g/mol. The van der Waals surface area contributed by atoms with Gasteiger partial charge in [-0.3, -0.25) is 25.4 Å². The fourth-order valence-electron chi connectivity index (χ4n) is 2.60. The zero-order valence-electron chi connectivity index (χ0n) is 13.8. The van der Waals surface area contributed by atoms with E-state index in [1.807, 2.05) is 30.3 Å². The van der Waals surface area contributed by atoms with Crippen LogP contribution in [0.3, 0.4) is 0 Å². The lowest BCUT2D eigenvalue weighted by molar-refractivity contribution is 0.0562. The molecule has 2 heterocycles. The molecular formula is C17H20N4O4. The first-order valence-corrected chi connectivity index (χ1v) is 7.86. The predicted octanol–water partition coefficient (Wildman–Crippen LogP) is 0.315. The van der Waals surface area contributed by atoms with Crippen molar-refractivity contribution in [3.63, 3.8) is 0 Å². The average molecular weight is 344 g/mol. The van der Waals surface area contributed by atoms with Gasteiger partial charge in [-0.1, -0.05) is 30.3 Å². The zero-order valence-corrected chi connectivity index (χ0v) is 13.8. The number of benzene rings is 1. The van der Waals surface area contributed by atoms with Crippen LogP contribution in [0.15, 0.2) is 47.4 Å². The fourth-order valence-corrected chi connectivity index (χ4v) is 2.60. The number of nitrogens with zero attached hydrogens (tertiary/aromatic N) is 2. The molecule has 1 aromatic carbocycles. The van der Waals surface area contributed by atoms with E-state index < -0.39 is 6.29 Å². The summed E-state index contributed by atoms with van der Waals surface area (Å²) in [5.74, 6) is -0.387. The molecule has 0 saturated heterocycles. The number of amides is 1. The molecule has 1 amide bonds. The van der Waals surface area contributed by atoms with Crippen LogP contribution in [0.4, 0.5) is 0 Å². The molecule has 1 unspecified atom stereocenters. The van der Waals surface area contributed by atoms with E-state index in [-0.39, 0.29) is 29.4 Å². The molecule has 0 fully saturated rings. The molecule has 1 aliphatic rings. The number of hydrogen-bond donors (Lipinski definition) is 2. The number of rotatable bonds is 6. The van der Waals surface area contributed by atoms with Crippen LogP contribution in [0.5, 0.6) is 5.75 Å². The van der Waals surface area contributed by atoms with Gasteiger partial charge in [0.1, 0.15) is 6.61 Å². The molecule has 0 radical (unpaired) electrons. The monoisotopic (exact) mass is 344 g/mol. The van der Waals surface area contributed by atoms with Crippen molar-refractivity contribution in [1.82, 2.24) is 9.58 Å². The van der Waals surface area contributed by atoms with Crippen molar-refractivity contribution in [3.05, 3.63) is 64.1 Å². The Kier molecular flexibility index (Phi) is 5.01. The second-order valence-electron chi connectivity index (χ2n) is 5.57. The van der Waals surface area contributed by atoms with Crippen molar-refractivity contribution in [2.24, 2.45) is 5.73 Å². The SMILES string of the molecule is COCCN1C(=O)c2c(OCc3ccccc3)c(=O)ccn2NC1N. The standard InChI is InChI=1S/C17H20N4O4/c1-24-10-9-20-16(23)14-15(25-11-12-5-3-2-4-6-12)13(22)7-8-21(14)19-17(20)18/h2-8,17,19H,9-11,18H2,1H3.